The molecule has 3 aromatic rings. The molecular weight excluding hydrogens is 446 g/mol. The van der Waals surface area contributed by atoms with Gasteiger partial charge in [-0.15, -0.1) is 5.10 Å². The Morgan fingerprint density at radius 1 is 0.971 bits per heavy atom. The molecule has 1 heterocycles. The number of ether oxygens (including phenoxy) is 2. The molecule has 6 nitrogen and oxygen atoms in total. The van der Waals surface area contributed by atoms with E-state index in [9.17, 15) is 4.79 Å². The van der Waals surface area contributed by atoms with Crippen LogP contribution in [0.1, 0.15) is 29.2 Å². The summed E-state index contributed by atoms with van der Waals surface area (Å²) >= 11 is 1.40. The smallest absolute Gasteiger partial charge is 0.239 e. The summed E-state index contributed by atoms with van der Waals surface area (Å²) in [7, 11) is 1.60. The first-order valence-electron chi connectivity index (χ1n) is 11.2. The van der Waals surface area contributed by atoms with Crippen molar-refractivity contribution in [1.29, 1.82) is 0 Å². The van der Waals surface area contributed by atoms with Gasteiger partial charge in [0.2, 0.25) is 5.91 Å². The molecule has 1 aliphatic rings. The van der Waals surface area contributed by atoms with E-state index >= 15 is 0 Å². The quantitative estimate of drug-likeness (QED) is 0.351. The first-order valence-corrected chi connectivity index (χ1v) is 12.0. The molecule has 0 spiro atoms. The standard InChI is InChI=1S/C27H27N3O3S/c1-3-19-9-11-20(12-10-19)16-25-26(31)29-27(34-25)30-28-17-22-13-14-23(24(15-22)32-2)33-18-21-7-5-4-6-8-21/h4-15,17,25H,3,16,18H2,1-2H3,(H,29,30,31)/b28-17+. The maximum atomic E-state index is 12.3. The number of rotatable bonds is 9. The second-order valence-electron chi connectivity index (χ2n) is 7.80. The average molecular weight is 474 g/mol. The van der Waals surface area contributed by atoms with E-state index in [-0.39, 0.29) is 11.2 Å². The van der Waals surface area contributed by atoms with Gasteiger partial charge in [0.1, 0.15) is 6.61 Å². The first-order chi connectivity index (χ1) is 16.6. The molecule has 1 fully saturated rings. The number of nitrogens with one attached hydrogen (secondary N) is 1. The largest absolute Gasteiger partial charge is 0.493 e. The number of benzene rings is 3. The molecular formula is C27H27N3O3S. The zero-order chi connectivity index (χ0) is 23.8. The van der Waals surface area contributed by atoms with E-state index in [4.69, 9.17) is 9.47 Å². The fourth-order valence-electron chi connectivity index (χ4n) is 3.48. The van der Waals surface area contributed by atoms with Crippen LogP contribution < -0.4 is 14.8 Å². The van der Waals surface area contributed by atoms with Gasteiger partial charge in [-0.25, -0.2) is 0 Å². The van der Waals surface area contributed by atoms with Gasteiger partial charge in [0.25, 0.3) is 0 Å². The molecule has 1 amide bonds. The molecule has 0 radical (unpaired) electrons. The normalized spacial score (nSPS) is 16.7. The van der Waals surface area contributed by atoms with Gasteiger partial charge in [-0.2, -0.15) is 5.10 Å². The Hall–Kier alpha value is -3.58. The Morgan fingerprint density at radius 2 is 1.74 bits per heavy atom. The van der Waals surface area contributed by atoms with E-state index in [1.54, 1.807) is 13.3 Å². The predicted molar refractivity (Wildman–Crippen MR) is 138 cm³/mol. The van der Waals surface area contributed by atoms with Crippen LogP contribution in [0.3, 0.4) is 0 Å². The highest BCUT2D eigenvalue weighted by atomic mass is 32.2. The summed E-state index contributed by atoms with van der Waals surface area (Å²) in [5.74, 6) is 1.23. The molecule has 0 aliphatic carbocycles. The van der Waals surface area contributed by atoms with Crippen molar-refractivity contribution in [3.05, 3.63) is 95.1 Å². The van der Waals surface area contributed by atoms with Crippen molar-refractivity contribution < 1.29 is 14.3 Å². The van der Waals surface area contributed by atoms with Gasteiger partial charge < -0.3 is 14.8 Å². The number of carbonyl (C=O) groups excluding carboxylic acids is 1. The molecule has 1 N–H and O–H groups in total. The maximum Gasteiger partial charge on any atom is 0.239 e. The van der Waals surface area contributed by atoms with Gasteiger partial charge in [-0.3, -0.25) is 4.79 Å². The third-order valence-electron chi connectivity index (χ3n) is 5.41. The maximum absolute atomic E-state index is 12.3. The van der Waals surface area contributed by atoms with E-state index in [0.29, 0.717) is 29.7 Å². The summed E-state index contributed by atoms with van der Waals surface area (Å²) in [6.45, 7) is 2.59. The number of amidine groups is 1. The lowest BCUT2D eigenvalue weighted by Crippen LogP contribution is -2.25. The summed E-state index contributed by atoms with van der Waals surface area (Å²) in [5, 5.41) is 11.5. The van der Waals surface area contributed by atoms with Crippen LogP contribution in [-0.4, -0.2) is 29.6 Å². The lowest BCUT2D eigenvalue weighted by atomic mass is 10.1. The van der Waals surface area contributed by atoms with E-state index < -0.39 is 0 Å². The molecule has 1 aliphatic heterocycles. The molecule has 1 saturated heterocycles. The topological polar surface area (TPSA) is 72.3 Å². The molecule has 3 aromatic carbocycles. The highest BCUT2D eigenvalue weighted by Gasteiger charge is 2.30. The van der Waals surface area contributed by atoms with Gasteiger partial charge in [0, 0.05) is 0 Å². The van der Waals surface area contributed by atoms with E-state index in [1.165, 1.54) is 17.3 Å². The van der Waals surface area contributed by atoms with Crippen molar-refractivity contribution in [2.75, 3.05) is 7.11 Å². The third kappa shape index (κ3) is 6.26. The van der Waals surface area contributed by atoms with Crippen molar-refractivity contribution in [2.24, 2.45) is 10.2 Å². The lowest BCUT2D eigenvalue weighted by molar-refractivity contribution is -0.118. The number of amides is 1. The number of carbonyl (C=O) groups is 1. The molecule has 174 valence electrons. The van der Waals surface area contributed by atoms with E-state index in [2.05, 4.69) is 46.7 Å². The van der Waals surface area contributed by atoms with Crippen LogP contribution in [-0.2, 0) is 24.2 Å². The first kappa shape index (κ1) is 23.6. The van der Waals surface area contributed by atoms with Crippen LogP contribution in [0.2, 0.25) is 0 Å². The molecule has 0 bridgehead atoms. The van der Waals surface area contributed by atoms with E-state index in [0.717, 1.165) is 23.1 Å². The molecule has 0 saturated carbocycles. The van der Waals surface area contributed by atoms with Crippen LogP contribution in [0.4, 0.5) is 0 Å². The highest BCUT2D eigenvalue weighted by molar-refractivity contribution is 8.15. The van der Waals surface area contributed by atoms with Crippen molar-refractivity contribution in [2.45, 2.75) is 31.6 Å². The number of nitrogens with zero attached hydrogens (tertiary/aromatic N) is 2. The van der Waals surface area contributed by atoms with Crippen molar-refractivity contribution in [3.63, 3.8) is 0 Å². The van der Waals surface area contributed by atoms with E-state index in [1.807, 2.05) is 48.5 Å². The lowest BCUT2D eigenvalue weighted by Gasteiger charge is -2.11. The number of thioether (sulfide) groups is 1. The van der Waals surface area contributed by atoms with Gasteiger partial charge in [-0.05, 0) is 53.3 Å². The summed E-state index contributed by atoms with van der Waals surface area (Å²) in [6, 6.07) is 23.9. The Morgan fingerprint density at radius 3 is 2.47 bits per heavy atom. The molecule has 34 heavy (non-hydrogen) atoms. The van der Waals surface area contributed by atoms with Gasteiger partial charge in [0.05, 0.1) is 18.6 Å². The zero-order valence-electron chi connectivity index (χ0n) is 19.2. The SMILES string of the molecule is CCc1ccc(CC2S/C(=N/N=C/c3ccc(OCc4ccccc4)c(OC)c3)NC2=O)cc1. The van der Waals surface area contributed by atoms with Gasteiger partial charge in [0.15, 0.2) is 16.7 Å². The molecule has 0 aromatic heterocycles. The van der Waals surface area contributed by atoms with Crippen LogP contribution >= 0.6 is 11.8 Å². The van der Waals surface area contributed by atoms with Crippen molar-refractivity contribution in [1.82, 2.24) is 5.32 Å². The fraction of sp³-hybridized carbons (Fsp3) is 0.222. The summed E-state index contributed by atoms with van der Waals surface area (Å²) < 4.78 is 11.4. The average Bonchev–Trinajstić information content (AvgIpc) is 3.22. The Kier molecular flexibility index (Phi) is 7.99. The van der Waals surface area contributed by atoms with Crippen LogP contribution in [0.25, 0.3) is 0 Å². The molecule has 1 atom stereocenters. The molecule has 4 rings (SSSR count). The monoisotopic (exact) mass is 473 g/mol. The Balaban J connectivity index is 1.35. The third-order valence-corrected chi connectivity index (χ3v) is 6.48. The summed E-state index contributed by atoms with van der Waals surface area (Å²) in [5.41, 5.74) is 4.32. The van der Waals surface area contributed by atoms with Gasteiger partial charge >= 0.3 is 0 Å². The van der Waals surface area contributed by atoms with Crippen LogP contribution in [0.5, 0.6) is 11.5 Å². The van der Waals surface area contributed by atoms with Crippen molar-refractivity contribution >= 4 is 29.1 Å². The minimum atomic E-state index is -0.206. The number of aryl methyl sites for hydroxylation is 1. The molecule has 1 unspecified atom stereocenters. The zero-order valence-corrected chi connectivity index (χ0v) is 20.0. The minimum Gasteiger partial charge on any atom is -0.493 e. The van der Waals surface area contributed by atoms with Crippen molar-refractivity contribution in [3.8, 4) is 11.5 Å². The summed E-state index contributed by atoms with van der Waals surface area (Å²) in [4.78, 5) is 12.3. The number of hydrogen-bond acceptors (Lipinski definition) is 6. The Bertz CT molecular complexity index is 1180. The fourth-order valence-corrected chi connectivity index (χ4v) is 4.44. The Labute approximate surface area is 204 Å². The highest BCUT2D eigenvalue weighted by Crippen LogP contribution is 2.28. The van der Waals surface area contributed by atoms with Crippen LogP contribution in [0.15, 0.2) is 83.0 Å². The number of methoxy groups -OCH3 is 1. The van der Waals surface area contributed by atoms with Gasteiger partial charge in [-0.1, -0.05) is 73.3 Å². The second kappa shape index (κ2) is 11.5. The molecule has 7 heteroatoms. The number of hydrogen-bond donors (Lipinski definition) is 1. The summed E-state index contributed by atoms with van der Waals surface area (Å²) in [6.07, 6.45) is 3.29. The minimum absolute atomic E-state index is 0.0416. The second-order valence-corrected chi connectivity index (χ2v) is 9.00. The van der Waals surface area contributed by atoms with Crippen LogP contribution in [0, 0.1) is 0 Å². The predicted octanol–water partition coefficient (Wildman–Crippen LogP) is 5.00.